The summed E-state index contributed by atoms with van der Waals surface area (Å²) in [4.78, 5) is 63.7. The van der Waals surface area contributed by atoms with E-state index in [1.807, 2.05) is 0 Å². The third-order valence-corrected chi connectivity index (χ3v) is 5.33. The Hall–Kier alpha value is -4.09. The molecule has 32 heavy (non-hydrogen) atoms. The molecule has 12 nitrogen and oxygen atoms in total. The van der Waals surface area contributed by atoms with Gasteiger partial charge in [0.2, 0.25) is 17.7 Å². The quantitative estimate of drug-likeness (QED) is 0.590. The standard InChI is InChI=1S/C20H21N7O5/c1-25(2)20(32)14-9-26(24-23-14)10-17(29)21-13-5-3-4-11-12(13)8-27(19(11)31)15-6-7-16(28)22-18(15)30/h3-5,9,15H,6-8,10H2,1-2H3,(H,21,29)(H,22,28,30). The van der Waals surface area contributed by atoms with Crippen molar-refractivity contribution in [3.05, 3.63) is 41.2 Å². The number of fused-ring (bicyclic) bond motifs is 1. The van der Waals surface area contributed by atoms with Crippen molar-refractivity contribution >= 4 is 35.2 Å². The highest BCUT2D eigenvalue weighted by molar-refractivity contribution is 6.06. The number of imide groups is 1. The minimum atomic E-state index is -0.737. The molecule has 2 aromatic rings. The van der Waals surface area contributed by atoms with Crippen LogP contribution in [0.5, 0.6) is 0 Å². The minimum absolute atomic E-state index is 0.119. The van der Waals surface area contributed by atoms with Gasteiger partial charge in [-0.1, -0.05) is 11.3 Å². The summed E-state index contributed by atoms with van der Waals surface area (Å²) in [6.45, 7) is -0.0378. The van der Waals surface area contributed by atoms with E-state index in [0.717, 1.165) is 0 Å². The summed E-state index contributed by atoms with van der Waals surface area (Å²) in [6.07, 6.45) is 1.80. The molecule has 2 aliphatic heterocycles. The smallest absolute Gasteiger partial charge is 0.275 e. The van der Waals surface area contributed by atoms with Gasteiger partial charge in [-0.25, -0.2) is 4.68 Å². The zero-order valence-corrected chi connectivity index (χ0v) is 17.5. The number of carbonyl (C=O) groups is 5. The number of nitrogens with one attached hydrogen (secondary N) is 2. The molecule has 0 saturated carbocycles. The Bertz CT molecular complexity index is 1140. The van der Waals surface area contributed by atoms with Crippen LogP contribution in [0.3, 0.4) is 0 Å². The molecule has 0 aliphatic carbocycles. The zero-order chi connectivity index (χ0) is 23.0. The van der Waals surface area contributed by atoms with Crippen LogP contribution in [-0.2, 0) is 27.5 Å². The molecule has 4 rings (SSSR count). The molecule has 1 unspecified atom stereocenters. The van der Waals surface area contributed by atoms with Crippen molar-refractivity contribution in [1.29, 1.82) is 0 Å². The number of carbonyl (C=O) groups excluding carboxylic acids is 5. The van der Waals surface area contributed by atoms with Crippen LogP contribution in [0, 0.1) is 0 Å². The maximum absolute atomic E-state index is 12.9. The SMILES string of the molecule is CN(C)C(=O)c1cn(CC(=O)Nc2cccc3c2CN(C2CCC(=O)NC2=O)C3=O)nn1. The van der Waals surface area contributed by atoms with Gasteiger partial charge in [-0.3, -0.25) is 29.3 Å². The Morgan fingerprint density at radius 2 is 2.03 bits per heavy atom. The second-order valence-electron chi connectivity index (χ2n) is 7.78. The van der Waals surface area contributed by atoms with Crippen LogP contribution >= 0.6 is 0 Å². The number of rotatable bonds is 5. The first-order valence-electron chi connectivity index (χ1n) is 9.92. The molecule has 3 heterocycles. The molecule has 2 N–H and O–H groups in total. The monoisotopic (exact) mass is 439 g/mol. The third kappa shape index (κ3) is 3.94. The average Bonchev–Trinajstić information content (AvgIpc) is 3.33. The van der Waals surface area contributed by atoms with Gasteiger partial charge in [-0.2, -0.15) is 0 Å². The molecule has 1 atom stereocenters. The number of aromatic nitrogens is 3. The fourth-order valence-corrected chi connectivity index (χ4v) is 3.74. The first kappa shape index (κ1) is 21.2. The lowest BCUT2D eigenvalue weighted by atomic mass is 10.0. The van der Waals surface area contributed by atoms with E-state index in [9.17, 15) is 24.0 Å². The molecule has 1 fully saturated rings. The van der Waals surface area contributed by atoms with Crippen molar-refractivity contribution in [2.45, 2.75) is 32.0 Å². The van der Waals surface area contributed by atoms with Gasteiger partial charge in [0.25, 0.3) is 11.8 Å². The minimum Gasteiger partial charge on any atom is -0.343 e. The highest BCUT2D eigenvalue weighted by Crippen LogP contribution is 2.32. The zero-order valence-electron chi connectivity index (χ0n) is 17.5. The maximum Gasteiger partial charge on any atom is 0.275 e. The first-order valence-corrected chi connectivity index (χ1v) is 9.92. The van der Waals surface area contributed by atoms with Crippen LogP contribution in [0.4, 0.5) is 5.69 Å². The maximum atomic E-state index is 12.9. The second kappa shape index (κ2) is 8.21. The average molecular weight is 439 g/mol. The summed E-state index contributed by atoms with van der Waals surface area (Å²) < 4.78 is 1.25. The van der Waals surface area contributed by atoms with Gasteiger partial charge in [0.15, 0.2) is 5.69 Å². The number of amides is 5. The predicted octanol–water partition coefficient (Wildman–Crippen LogP) is -0.620. The lowest BCUT2D eigenvalue weighted by Crippen LogP contribution is -2.52. The lowest BCUT2D eigenvalue weighted by Gasteiger charge is -2.29. The van der Waals surface area contributed by atoms with Gasteiger partial charge in [0.1, 0.15) is 12.6 Å². The molecule has 166 valence electrons. The number of hydrogen-bond acceptors (Lipinski definition) is 7. The largest absolute Gasteiger partial charge is 0.343 e. The van der Waals surface area contributed by atoms with E-state index in [1.54, 1.807) is 32.3 Å². The fraction of sp³-hybridized carbons (Fsp3) is 0.350. The van der Waals surface area contributed by atoms with E-state index in [2.05, 4.69) is 20.9 Å². The van der Waals surface area contributed by atoms with Crippen LogP contribution in [-0.4, -0.2) is 74.5 Å². The lowest BCUT2D eigenvalue weighted by molar-refractivity contribution is -0.137. The fourth-order valence-electron chi connectivity index (χ4n) is 3.74. The van der Waals surface area contributed by atoms with Crippen LogP contribution in [0.1, 0.15) is 39.3 Å². The number of anilines is 1. The van der Waals surface area contributed by atoms with Crippen molar-refractivity contribution in [3.63, 3.8) is 0 Å². The van der Waals surface area contributed by atoms with Gasteiger partial charge < -0.3 is 15.1 Å². The van der Waals surface area contributed by atoms with E-state index in [1.165, 1.54) is 20.7 Å². The van der Waals surface area contributed by atoms with E-state index in [4.69, 9.17) is 0 Å². The van der Waals surface area contributed by atoms with Crippen molar-refractivity contribution in [3.8, 4) is 0 Å². The Balaban J connectivity index is 1.47. The van der Waals surface area contributed by atoms with Gasteiger partial charge in [0.05, 0.1) is 6.20 Å². The Morgan fingerprint density at radius 3 is 2.75 bits per heavy atom. The molecule has 0 spiro atoms. The summed E-state index contributed by atoms with van der Waals surface area (Å²) in [5.41, 5.74) is 1.55. The number of benzene rings is 1. The summed E-state index contributed by atoms with van der Waals surface area (Å²) in [6, 6.07) is 4.21. The van der Waals surface area contributed by atoms with Gasteiger partial charge >= 0.3 is 0 Å². The number of nitrogens with zero attached hydrogens (tertiary/aromatic N) is 5. The Labute approximate surface area is 182 Å². The first-order chi connectivity index (χ1) is 15.2. The van der Waals surface area contributed by atoms with E-state index >= 15 is 0 Å². The summed E-state index contributed by atoms with van der Waals surface area (Å²) in [7, 11) is 3.17. The van der Waals surface area contributed by atoms with Crippen LogP contribution < -0.4 is 10.6 Å². The van der Waals surface area contributed by atoms with E-state index in [-0.39, 0.29) is 49.3 Å². The highest BCUT2D eigenvalue weighted by atomic mass is 16.2. The van der Waals surface area contributed by atoms with Gasteiger partial charge in [0, 0.05) is 43.9 Å². The van der Waals surface area contributed by atoms with E-state index in [0.29, 0.717) is 16.8 Å². The third-order valence-electron chi connectivity index (χ3n) is 5.33. The molecule has 0 bridgehead atoms. The Morgan fingerprint density at radius 1 is 1.25 bits per heavy atom. The van der Waals surface area contributed by atoms with Crippen LogP contribution in [0.25, 0.3) is 0 Å². The molecule has 1 aromatic carbocycles. The molecule has 1 aromatic heterocycles. The van der Waals surface area contributed by atoms with Gasteiger partial charge in [-0.05, 0) is 18.6 Å². The molecular weight excluding hydrogens is 418 g/mol. The highest BCUT2D eigenvalue weighted by Gasteiger charge is 2.39. The molecule has 1 saturated heterocycles. The molecule has 12 heteroatoms. The summed E-state index contributed by atoms with van der Waals surface area (Å²) in [5.74, 6) is -1.92. The molecule has 0 radical (unpaired) electrons. The van der Waals surface area contributed by atoms with Crippen molar-refractivity contribution < 1.29 is 24.0 Å². The van der Waals surface area contributed by atoms with Gasteiger partial charge in [-0.15, -0.1) is 5.10 Å². The van der Waals surface area contributed by atoms with E-state index < -0.39 is 17.9 Å². The van der Waals surface area contributed by atoms with Crippen LogP contribution in [0.2, 0.25) is 0 Å². The number of piperidine rings is 1. The van der Waals surface area contributed by atoms with Crippen molar-refractivity contribution in [2.75, 3.05) is 19.4 Å². The molecule has 5 amide bonds. The van der Waals surface area contributed by atoms with Crippen molar-refractivity contribution in [2.24, 2.45) is 0 Å². The summed E-state index contributed by atoms with van der Waals surface area (Å²) >= 11 is 0. The number of hydrogen-bond donors (Lipinski definition) is 2. The van der Waals surface area contributed by atoms with Crippen molar-refractivity contribution in [1.82, 2.24) is 30.1 Å². The normalized spacial score (nSPS) is 17.8. The topological polar surface area (TPSA) is 147 Å². The Kier molecular flexibility index (Phi) is 5.43. The second-order valence-corrected chi connectivity index (χ2v) is 7.78. The van der Waals surface area contributed by atoms with Crippen LogP contribution in [0.15, 0.2) is 24.4 Å². The molecule has 2 aliphatic rings. The molecular formula is C20H21N7O5. The predicted molar refractivity (Wildman–Crippen MR) is 109 cm³/mol. The summed E-state index contributed by atoms with van der Waals surface area (Å²) in [5, 5.41) is 12.6.